The third-order valence-corrected chi connectivity index (χ3v) is 7.33. The van der Waals surface area contributed by atoms with Gasteiger partial charge in [-0.2, -0.15) is 4.31 Å². The maximum Gasteiger partial charge on any atom is 0.350 e. The number of hydrogen-bond acceptors (Lipinski definition) is 8. The number of nitro groups is 1. The van der Waals surface area contributed by atoms with Gasteiger partial charge >= 0.3 is 11.4 Å². The van der Waals surface area contributed by atoms with Crippen LogP contribution in [-0.4, -0.2) is 76.6 Å². The number of pyridine rings is 1. The fourth-order valence-corrected chi connectivity index (χ4v) is 5.11. The Labute approximate surface area is 183 Å². The molecule has 4 rings (SSSR count). The van der Waals surface area contributed by atoms with Gasteiger partial charge in [0.1, 0.15) is 0 Å². The van der Waals surface area contributed by atoms with Gasteiger partial charge in [0.2, 0.25) is 10.0 Å². The fourth-order valence-electron chi connectivity index (χ4n) is 3.67. The highest BCUT2D eigenvalue weighted by atomic mass is 32.2. The van der Waals surface area contributed by atoms with Gasteiger partial charge < -0.3 is 4.74 Å². The Bertz CT molecular complexity index is 1310. The minimum Gasteiger partial charge on any atom is -0.490 e. The first kappa shape index (κ1) is 21.9. The average molecular weight is 462 g/mol. The summed E-state index contributed by atoms with van der Waals surface area (Å²) < 4.78 is 35.1. The molecule has 2 aromatic heterocycles. The van der Waals surface area contributed by atoms with E-state index in [1.54, 1.807) is 18.3 Å². The predicted octanol–water partition coefficient (Wildman–Crippen LogP) is 0.419. The van der Waals surface area contributed by atoms with Crippen LogP contribution in [0.25, 0.3) is 5.65 Å². The van der Waals surface area contributed by atoms with E-state index in [0.29, 0.717) is 31.8 Å². The largest absolute Gasteiger partial charge is 0.490 e. The van der Waals surface area contributed by atoms with E-state index in [1.165, 1.54) is 32.6 Å². The van der Waals surface area contributed by atoms with Gasteiger partial charge in [-0.3, -0.25) is 19.4 Å². The Kier molecular flexibility index (Phi) is 5.95. The molecule has 1 aliphatic rings. The summed E-state index contributed by atoms with van der Waals surface area (Å²) in [6.45, 7) is 2.35. The minimum atomic E-state index is -3.88. The number of hydrogen-bond donors (Lipinski definition) is 0. The van der Waals surface area contributed by atoms with E-state index in [9.17, 15) is 23.3 Å². The second kappa shape index (κ2) is 8.68. The number of piperazine rings is 1. The number of rotatable bonds is 7. The molecule has 0 atom stereocenters. The van der Waals surface area contributed by atoms with Crippen molar-refractivity contribution in [3.05, 3.63) is 63.2 Å². The summed E-state index contributed by atoms with van der Waals surface area (Å²) in [5, 5.41) is 15.5. The third-order valence-electron chi connectivity index (χ3n) is 5.43. The molecule has 1 aromatic carbocycles. The van der Waals surface area contributed by atoms with E-state index >= 15 is 0 Å². The monoisotopic (exact) mass is 462 g/mol. The Morgan fingerprint density at radius 2 is 1.88 bits per heavy atom. The number of sulfonamides is 1. The topological polar surface area (TPSA) is 132 Å². The number of methoxy groups -OCH3 is 1. The van der Waals surface area contributed by atoms with Gasteiger partial charge in [-0.25, -0.2) is 17.9 Å². The molecule has 0 saturated carbocycles. The zero-order valence-corrected chi connectivity index (χ0v) is 18.1. The fraction of sp³-hybridized carbons (Fsp3) is 0.368. The molecule has 0 aliphatic carbocycles. The number of nitrogens with zero attached hydrogens (tertiary/aromatic N) is 6. The van der Waals surface area contributed by atoms with E-state index in [-0.39, 0.29) is 29.4 Å². The summed E-state index contributed by atoms with van der Waals surface area (Å²) in [4.78, 5) is 24.8. The molecule has 0 N–H and O–H groups in total. The van der Waals surface area contributed by atoms with Crippen molar-refractivity contribution in [1.82, 2.24) is 23.4 Å². The van der Waals surface area contributed by atoms with Crippen LogP contribution in [0.1, 0.15) is 0 Å². The van der Waals surface area contributed by atoms with Crippen LogP contribution < -0.4 is 10.4 Å². The molecule has 1 aliphatic heterocycles. The number of aromatic nitrogens is 3. The quantitative estimate of drug-likeness (QED) is 0.364. The van der Waals surface area contributed by atoms with Crippen LogP contribution in [-0.2, 0) is 16.6 Å². The van der Waals surface area contributed by atoms with Crippen molar-refractivity contribution in [3.63, 3.8) is 0 Å². The Balaban J connectivity index is 1.40. The van der Waals surface area contributed by atoms with Crippen LogP contribution >= 0.6 is 0 Å². The lowest BCUT2D eigenvalue weighted by Crippen LogP contribution is -2.49. The molecule has 0 spiro atoms. The second-order valence-electron chi connectivity index (χ2n) is 7.27. The van der Waals surface area contributed by atoms with Gasteiger partial charge in [0.25, 0.3) is 0 Å². The zero-order chi connectivity index (χ0) is 22.9. The molecule has 0 amide bonds. The molecule has 0 unspecified atom stereocenters. The number of fused-ring (bicyclic) bond motifs is 1. The molecule has 0 radical (unpaired) electrons. The summed E-state index contributed by atoms with van der Waals surface area (Å²) in [7, 11) is -2.59. The van der Waals surface area contributed by atoms with Crippen molar-refractivity contribution < 1.29 is 18.1 Å². The summed E-state index contributed by atoms with van der Waals surface area (Å²) >= 11 is 0. The third kappa shape index (κ3) is 4.09. The first-order chi connectivity index (χ1) is 15.3. The Morgan fingerprint density at radius 3 is 2.53 bits per heavy atom. The maximum atomic E-state index is 13.0. The van der Waals surface area contributed by atoms with Gasteiger partial charge in [-0.1, -0.05) is 6.07 Å². The van der Waals surface area contributed by atoms with E-state index in [0.717, 1.165) is 6.07 Å². The molecule has 12 nitrogen and oxygen atoms in total. The average Bonchev–Trinajstić information content (AvgIpc) is 3.13. The van der Waals surface area contributed by atoms with Crippen LogP contribution in [0.2, 0.25) is 0 Å². The molecular formula is C19H22N6O6S. The van der Waals surface area contributed by atoms with Gasteiger partial charge in [-0.15, -0.1) is 5.10 Å². The lowest BCUT2D eigenvalue weighted by molar-refractivity contribution is -0.386. The maximum absolute atomic E-state index is 13.0. The highest BCUT2D eigenvalue weighted by molar-refractivity contribution is 7.89. The molecule has 3 heterocycles. The van der Waals surface area contributed by atoms with Crippen LogP contribution in [0.5, 0.6) is 5.75 Å². The Hall–Kier alpha value is -3.29. The first-order valence-electron chi connectivity index (χ1n) is 9.90. The number of ether oxygens (including phenoxy) is 1. The summed E-state index contributed by atoms with van der Waals surface area (Å²) in [5.41, 5.74) is -0.0463. The molecule has 0 bridgehead atoms. The summed E-state index contributed by atoms with van der Waals surface area (Å²) in [6, 6.07) is 8.94. The lowest BCUT2D eigenvalue weighted by atomic mass is 10.3. The lowest BCUT2D eigenvalue weighted by Gasteiger charge is -2.33. The van der Waals surface area contributed by atoms with E-state index in [1.807, 2.05) is 6.07 Å². The SMILES string of the molecule is COc1ccc(S(=O)(=O)N2CCN(CCn3nc4ccccn4c3=O)CC2)cc1[N+](=O)[O-]. The second-order valence-corrected chi connectivity index (χ2v) is 9.21. The molecule has 13 heteroatoms. The highest BCUT2D eigenvalue weighted by Gasteiger charge is 2.30. The Morgan fingerprint density at radius 1 is 1.12 bits per heavy atom. The molecule has 3 aromatic rings. The van der Waals surface area contributed by atoms with Gasteiger partial charge in [0.15, 0.2) is 11.4 Å². The van der Waals surface area contributed by atoms with Crippen molar-refractivity contribution >= 4 is 21.4 Å². The first-order valence-corrected chi connectivity index (χ1v) is 11.3. The summed E-state index contributed by atoms with van der Waals surface area (Å²) in [5.74, 6) is 0.000886. The van der Waals surface area contributed by atoms with Crippen LogP contribution in [0.3, 0.4) is 0 Å². The molecule has 170 valence electrons. The van der Waals surface area contributed by atoms with E-state index < -0.39 is 20.6 Å². The van der Waals surface area contributed by atoms with Crippen molar-refractivity contribution in [2.45, 2.75) is 11.4 Å². The molecule has 32 heavy (non-hydrogen) atoms. The van der Waals surface area contributed by atoms with Crippen LogP contribution in [0, 0.1) is 10.1 Å². The van der Waals surface area contributed by atoms with Crippen molar-refractivity contribution in [2.24, 2.45) is 0 Å². The van der Waals surface area contributed by atoms with Crippen LogP contribution in [0.15, 0.2) is 52.3 Å². The van der Waals surface area contributed by atoms with Gasteiger partial charge in [-0.05, 0) is 24.3 Å². The predicted molar refractivity (Wildman–Crippen MR) is 114 cm³/mol. The van der Waals surface area contributed by atoms with Gasteiger partial charge in [0.05, 0.1) is 23.5 Å². The zero-order valence-electron chi connectivity index (χ0n) is 17.3. The number of benzene rings is 1. The highest BCUT2D eigenvalue weighted by Crippen LogP contribution is 2.30. The van der Waals surface area contributed by atoms with Crippen LogP contribution in [0.4, 0.5) is 5.69 Å². The normalized spacial score (nSPS) is 15.8. The molecule has 1 fully saturated rings. The van der Waals surface area contributed by atoms with Crippen molar-refractivity contribution in [3.8, 4) is 5.75 Å². The standard InChI is InChI=1S/C19H22N6O6S/c1-31-17-6-5-15(14-16(17)25(27)28)32(29,30)22-11-8-21(9-12-22)10-13-24-19(26)23-7-3-2-4-18(23)20-24/h2-7,14H,8-13H2,1H3. The van der Waals surface area contributed by atoms with E-state index in [4.69, 9.17) is 4.74 Å². The number of nitro benzene ring substituents is 1. The van der Waals surface area contributed by atoms with Gasteiger partial charge in [0, 0.05) is 45.0 Å². The summed E-state index contributed by atoms with van der Waals surface area (Å²) in [6.07, 6.45) is 1.66. The van der Waals surface area contributed by atoms with Crippen molar-refractivity contribution in [2.75, 3.05) is 39.8 Å². The van der Waals surface area contributed by atoms with Crippen molar-refractivity contribution in [1.29, 1.82) is 0 Å². The van der Waals surface area contributed by atoms with E-state index in [2.05, 4.69) is 10.00 Å². The minimum absolute atomic E-state index is 0.000886. The smallest absolute Gasteiger partial charge is 0.350 e. The molecular weight excluding hydrogens is 440 g/mol. The molecule has 1 saturated heterocycles.